The highest BCUT2D eigenvalue weighted by Gasteiger charge is 2.55. The number of fused-ring (bicyclic) bond motifs is 2. The summed E-state index contributed by atoms with van der Waals surface area (Å²) in [6, 6.07) is 20.1. The number of carbonyl (C=O) groups excluding carboxylic acids is 2. The van der Waals surface area contributed by atoms with Gasteiger partial charge in [-0.3, -0.25) is 4.79 Å². The van der Waals surface area contributed by atoms with E-state index in [4.69, 9.17) is 14.2 Å². The summed E-state index contributed by atoms with van der Waals surface area (Å²) in [6.07, 6.45) is 2.12. The maximum Gasteiger partial charge on any atom is 0.330 e. The lowest BCUT2D eigenvalue weighted by atomic mass is 9.76. The fraction of sp³-hybridized carbons (Fsp3) is 0.385. The Bertz CT molecular complexity index is 921. The molecule has 0 saturated heterocycles. The zero-order valence-corrected chi connectivity index (χ0v) is 17.7. The quantitative estimate of drug-likeness (QED) is 0.454. The van der Waals surface area contributed by atoms with Crippen LogP contribution in [0.15, 0.2) is 72.3 Å². The maximum atomic E-state index is 12.9. The van der Waals surface area contributed by atoms with E-state index in [1.165, 1.54) is 13.2 Å². The van der Waals surface area contributed by atoms with Crippen LogP contribution in [0, 0.1) is 23.7 Å². The summed E-state index contributed by atoms with van der Waals surface area (Å²) in [4.78, 5) is 24.7. The SMILES string of the molecule is COC(=O)/C=C1/C(=O)[C@@H]2C[C@H]1[C@H](COCc1ccccc1)[C@@H]2COCc1ccccc1. The molecule has 0 spiro atoms. The second-order valence-corrected chi connectivity index (χ2v) is 8.26. The van der Waals surface area contributed by atoms with E-state index in [1.54, 1.807) is 0 Å². The highest BCUT2D eigenvalue weighted by atomic mass is 16.5. The van der Waals surface area contributed by atoms with E-state index < -0.39 is 5.97 Å². The van der Waals surface area contributed by atoms with Crippen molar-refractivity contribution in [3.05, 3.63) is 83.4 Å². The van der Waals surface area contributed by atoms with Gasteiger partial charge >= 0.3 is 5.97 Å². The fourth-order valence-corrected chi connectivity index (χ4v) is 4.89. The molecule has 0 unspecified atom stereocenters. The van der Waals surface area contributed by atoms with Gasteiger partial charge in [0.05, 0.1) is 33.5 Å². The van der Waals surface area contributed by atoms with E-state index in [2.05, 4.69) is 0 Å². The molecule has 0 N–H and O–H groups in total. The molecule has 2 aromatic carbocycles. The molecule has 2 bridgehead atoms. The van der Waals surface area contributed by atoms with Crippen molar-refractivity contribution in [2.75, 3.05) is 20.3 Å². The van der Waals surface area contributed by atoms with Crippen LogP contribution in [0.4, 0.5) is 0 Å². The van der Waals surface area contributed by atoms with Crippen LogP contribution in [0.2, 0.25) is 0 Å². The number of benzene rings is 2. The lowest BCUT2D eigenvalue weighted by Gasteiger charge is -2.31. The first-order chi connectivity index (χ1) is 15.2. The van der Waals surface area contributed by atoms with Crippen molar-refractivity contribution in [2.45, 2.75) is 19.6 Å². The summed E-state index contributed by atoms with van der Waals surface area (Å²) >= 11 is 0. The first-order valence-corrected chi connectivity index (χ1v) is 10.7. The highest BCUT2D eigenvalue weighted by Crippen LogP contribution is 2.53. The van der Waals surface area contributed by atoms with Gasteiger partial charge in [-0.05, 0) is 35.3 Å². The van der Waals surface area contributed by atoms with Crippen molar-refractivity contribution in [2.24, 2.45) is 23.7 Å². The second-order valence-electron chi connectivity index (χ2n) is 8.26. The van der Waals surface area contributed by atoms with Gasteiger partial charge in [-0.2, -0.15) is 0 Å². The van der Waals surface area contributed by atoms with E-state index in [0.717, 1.165) is 17.5 Å². The number of methoxy groups -OCH3 is 1. The number of rotatable bonds is 9. The van der Waals surface area contributed by atoms with Gasteiger partial charge in [-0.1, -0.05) is 60.7 Å². The average molecular weight is 421 g/mol. The van der Waals surface area contributed by atoms with Crippen LogP contribution >= 0.6 is 0 Å². The van der Waals surface area contributed by atoms with Gasteiger partial charge in [0.15, 0.2) is 5.78 Å². The predicted octanol–water partition coefficient (Wildman–Crippen LogP) is 3.97. The Kier molecular flexibility index (Phi) is 6.95. The maximum absolute atomic E-state index is 12.9. The molecule has 2 aliphatic rings. The molecule has 4 rings (SSSR count). The van der Waals surface area contributed by atoms with Crippen molar-refractivity contribution in [1.82, 2.24) is 0 Å². The van der Waals surface area contributed by atoms with Crippen LogP contribution < -0.4 is 0 Å². The molecule has 31 heavy (non-hydrogen) atoms. The molecule has 4 atom stereocenters. The first-order valence-electron chi connectivity index (χ1n) is 10.7. The molecule has 5 heteroatoms. The standard InChI is InChI=1S/C26H28O5/c1-29-25(27)13-22-20-12-21(26(22)28)24(17-31-15-19-10-6-3-7-11-19)23(20)16-30-14-18-8-4-2-5-9-18/h2-11,13,20-21,23-24H,12,14-17H2,1H3/b22-13+/t20-,21-,23+,24-/m1/s1. The fourth-order valence-electron chi connectivity index (χ4n) is 4.89. The van der Waals surface area contributed by atoms with E-state index in [9.17, 15) is 9.59 Å². The number of esters is 1. The summed E-state index contributed by atoms with van der Waals surface area (Å²) in [5.74, 6) is -0.302. The molecule has 0 radical (unpaired) electrons. The van der Waals surface area contributed by atoms with Crippen LogP contribution in [0.3, 0.4) is 0 Å². The third-order valence-electron chi connectivity index (χ3n) is 6.43. The number of allylic oxidation sites excluding steroid dienone is 1. The van der Waals surface area contributed by atoms with Crippen molar-refractivity contribution in [3.8, 4) is 0 Å². The number of ketones is 1. The second kappa shape index (κ2) is 10.0. The third kappa shape index (κ3) is 4.94. The molecule has 0 aliphatic heterocycles. The van der Waals surface area contributed by atoms with Gasteiger partial charge in [0.2, 0.25) is 0 Å². The Labute approximate surface area is 183 Å². The smallest absolute Gasteiger partial charge is 0.330 e. The minimum absolute atomic E-state index is 0.0118. The minimum Gasteiger partial charge on any atom is -0.466 e. The van der Waals surface area contributed by atoms with Gasteiger partial charge in [-0.25, -0.2) is 4.79 Å². The number of hydrogen-bond donors (Lipinski definition) is 0. The lowest BCUT2D eigenvalue weighted by Crippen LogP contribution is -2.36. The van der Waals surface area contributed by atoms with Crippen molar-refractivity contribution in [1.29, 1.82) is 0 Å². The third-order valence-corrected chi connectivity index (χ3v) is 6.43. The Morgan fingerprint density at radius 3 is 1.90 bits per heavy atom. The molecular formula is C26H28O5. The molecular weight excluding hydrogens is 392 g/mol. The number of ether oxygens (including phenoxy) is 3. The van der Waals surface area contributed by atoms with Crippen LogP contribution in [-0.2, 0) is 37.0 Å². The Balaban J connectivity index is 1.43. The zero-order chi connectivity index (χ0) is 21.6. The molecule has 2 fully saturated rings. The molecule has 162 valence electrons. The molecule has 5 nitrogen and oxygen atoms in total. The van der Waals surface area contributed by atoms with Crippen LogP contribution in [0.1, 0.15) is 17.5 Å². The summed E-state index contributed by atoms with van der Waals surface area (Å²) in [5.41, 5.74) is 2.81. The number of hydrogen-bond acceptors (Lipinski definition) is 5. The highest BCUT2D eigenvalue weighted by molar-refractivity contribution is 6.05. The van der Waals surface area contributed by atoms with Gasteiger partial charge < -0.3 is 14.2 Å². The average Bonchev–Trinajstić information content (AvgIpc) is 3.31. The zero-order valence-electron chi connectivity index (χ0n) is 17.7. The summed E-state index contributed by atoms with van der Waals surface area (Å²) in [5, 5.41) is 0. The molecule has 0 aromatic heterocycles. The normalized spacial score (nSPS) is 25.8. The van der Waals surface area contributed by atoms with E-state index in [-0.39, 0.29) is 29.5 Å². The van der Waals surface area contributed by atoms with Crippen LogP contribution in [-0.4, -0.2) is 32.1 Å². The van der Waals surface area contributed by atoms with E-state index in [1.807, 2.05) is 60.7 Å². The summed E-state index contributed by atoms with van der Waals surface area (Å²) in [7, 11) is 1.33. The van der Waals surface area contributed by atoms with Gasteiger partial charge in [0, 0.05) is 17.6 Å². The van der Waals surface area contributed by atoms with E-state index >= 15 is 0 Å². The van der Waals surface area contributed by atoms with Crippen LogP contribution in [0.5, 0.6) is 0 Å². The molecule has 2 aliphatic carbocycles. The topological polar surface area (TPSA) is 61.8 Å². The van der Waals surface area contributed by atoms with Gasteiger partial charge in [-0.15, -0.1) is 0 Å². The number of Topliss-reactive ketones (excluding diaryl/α,β-unsaturated/α-hetero) is 1. The Hall–Kier alpha value is -2.76. The molecule has 2 aromatic rings. The Morgan fingerprint density at radius 1 is 0.871 bits per heavy atom. The van der Waals surface area contributed by atoms with Crippen molar-refractivity contribution in [3.63, 3.8) is 0 Å². The lowest BCUT2D eigenvalue weighted by molar-refractivity contribution is -0.135. The largest absolute Gasteiger partial charge is 0.466 e. The Morgan fingerprint density at radius 2 is 1.39 bits per heavy atom. The van der Waals surface area contributed by atoms with Crippen molar-refractivity contribution >= 4 is 11.8 Å². The van der Waals surface area contributed by atoms with Gasteiger partial charge in [0.1, 0.15) is 0 Å². The predicted molar refractivity (Wildman–Crippen MR) is 116 cm³/mol. The molecule has 2 saturated carbocycles. The first kappa shape index (κ1) is 21.5. The summed E-state index contributed by atoms with van der Waals surface area (Å²) < 4.78 is 16.8. The van der Waals surface area contributed by atoms with Crippen molar-refractivity contribution < 1.29 is 23.8 Å². The summed E-state index contributed by atoms with van der Waals surface area (Å²) in [6.45, 7) is 2.08. The van der Waals surface area contributed by atoms with Gasteiger partial charge in [0.25, 0.3) is 0 Å². The minimum atomic E-state index is -0.475. The molecule has 0 heterocycles. The monoisotopic (exact) mass is 420 g/mol. The van der Waals surface area contributed by atoms with E-state index in [0.29, 0.717) is 32.0 Å². The molecule has 0 amide bonds. The van der Waals surface area contributed by atoms with Crippen LogP contribution in [0.25, 0.3) is 0 Å². The number of carbonyl (C=O) groups is 2.